The van der Waals surface area contributed by atoms with Gasteiger partial charge >= 0.3 is 5.97 Å². The summed E-state index contributed by atoms with van der Waals surface area (Å²) in [5.74, 6) is 0.0992. The van der Waals surface area contributed by atoms with Crippen molar-refractivity contribution < 1.29 is 14.6 Å². The quantitative estimate of drug-likeness (QED) is 0.885. The van der Waals surface area contributed by atoms with Crippen molar-refractivity contribution in [3.63, 3.8) is 0 Å². The van der Waals surface area contributed by atoms with Crippen LogP contribution in [0.1, 0.15) is 25.3 Å². The van der Waals surface area contributed by atoms with Gasteiger partial charge in [0.1, 0.15) is 17.9 Å². The van der Waals surface area contributed by atoms with Crippen molar-refractivity contribution in [2.45, 2.75) is 32.2 Å². The molecule has 0 aromatic heterocycles. The van der Waals surface area contributed by atoms with Gasteiger partial charge in [0.05, 0.1) is 0 Å². The fraction of sp³-hybridized carbons (Fsp3) is 0.533. The first-order valence-electron chi connectivity index (χ1n) is 6.70. The van der Waals surface area contributed by atoms with Crippen LogP contribution in [0.25, 0.3) is 0 Å². The molecule has 0 saturated carbocycles. The van der Waals surface area contributed by atoms with Crippen LogP contribution in [0.3, 0.4) is 0 Å². The molecule has 1 aromatic carbocycles. The topological polar surface area (TPSA) is 49.8 Å². The van der Waals surface area contributed by atoms with Gasteiger partial charge in [-0.2, -0.15) is 0 Å². The molecule has 1 N–H and O–H groups in total. The molecular formula is C15H21NO3. The highest BCUT2D eigenvalue weighted by molar-refractivity contribution is 5.78. The lowest BCUT2D eigenvalue weighted by Gasteiger charge is -2.30. The van der Waals surface area contributed by atoms with Crippen molar-refractivity contribution in [1.82, 2.24) is 4.90 Å². The summed E-state index contributed by atoms with van der Waals surface area (Å²) in [6.45, 7) is 5.84. The molecule has 2 rings (SSSR count). The monoisotopic (exact) mass is 263 g/mol. The molecule has 0 amide bonds. The minimum atomic E-state index is -0.736. The number of benzene rings is 1. The number of nitrogens with zero attached hydrogens (tertiary/aromatic N) is 1. The van der Waals surface area contributed by atoms with E-state index in [0.29, 0.717) is 19.6 Å². The van der Waals surface area contributed by atoms with Crippen LogP contribution in [-0.4, -0.2) is 41.2 Å². The zero-order chi connectivity index (χ0) is 13.9. The van der Waals surface area contributed by atoms with Crippen LogP contribution in [0, 0.1) is 6.92 Å². The molecule has 1 fully saturated rings. The van der Waals surface area contributed by atoms with Crippen LogP contribution in [-0.2, 0) is 4.79 Å². The third kappa shape index (κ3) is 3.07. The molecule has 1 heterocycles. The molecule has 0 spiro atoms. The molecule has 104 valence electrons. The van der Waals surface area contributed by atoms with Gasteiger partial charge in [-0.15, -0.1) is 0 Å². The van der Waals surface area contributed by atoms with Crippen molar-refractivity contribution >= 4 is 5.97 Å². The van der Waals surface area contributed by atoms with Gasteiger partial charge in [0, 0.05) is 6.54 Å². The second-order valence-electron chi connectivity index (χ2n) is 5.33. The number of aliphatic carboxylic acids is 1. The van der Waals surface area contributed by atoms with E-state index >= 15 is 0 Å². The molecule has 1 aliphatic heterocycles. The molecular weight excluding hydrogens is 242 g/mol. The van der Waals surface area contributed by atoms with Gasteiger partial charge in [-0.3, -0.25) is 9.69 Å². The van der Waals surface area contributed by atoms with Gasteiger partial charge in [-0.25, -0.2) is 0 Å². The Morgan fingerprint density at radius 2 is 2.11 bits per heavy atom. The van der Waals surface area contributed by atoms with Gasteiger partial charge in [-0.1, -0.05) is 17.7 Å². The molecule has 0 bridgehead atoms. The minimum absolute atomic E-state index is 0.520. The van der Waals surface area contributed by atoms with E-state index in [9.17, 15) is 9.90 Å². The molecule has 1 unspecified atom stereocenters. The first kappa shape index (κ1) is 13.9. The first-order chi connectivity index (χ1) is 9.02. The lowest BCUT2D eigenvalue weighted by atomic mass is 9.99. The molecule has 0 radical (unpaired) electrons. The summed E-state index contributed by atoms with van der Waals surface area (Å²) in [6, 6.07) is 7.89. The van der Waals surface area contributed by atoms with E-state index in [0.717, 1.165) is 18.7 Å². The van der Waals surface area contributed by atoms with Crippen LogP contribution in [0.15, 0.2) is 24.3 Å². The van der Waals surface area contributed by atoms with Crippen LogP contribution in [0.4, 0.5) is 0 Å². The number of likely N-dealkylation sites (tertiary alicyclic amines) is 1. The Hall–Kier alpha value is -1.55. The van der Waals surface area contributed by atoms with Crippen LogP contribution < -0.4 is 4.74 Å². The molecule has 19 heavy (non-hydrogen) atoms. The maximum absolute atomic E-state index is 11.3. The van der Waals surface area contributed by atoms with Gasteiger partial charge < -0.3 is 9.84 Å². The minimum Gasteiger partial charge on any atom is -0.492 e. The first-order valence-corrected chi connectivity index (χ1v) is 6.70. The number of carboxylic acid groups (broad SMARTS) is 1. The van der Waals surface area contributed by atoms with Crippen molar-refractivity contribution in [2.75, 3.05) is 19.7 Å². The molecule has 1 atom stereocenters. The van der Waals surface area contributed by atoms with Crippen LogP contribution in [0.5, 0.6) is 5.75 Å². The lowest BCUT2D eigenvalue weighted by molar-refractivity contribution is -0.148. The summed E-state index contributed by atoms with van der Waals surface area (Å²) in [5.41, 5.74) is 0.474. The Bertz CT molecular complexity index is 443. The standard InChI is InChI=1S/C15H21NO3/c1-12-4-6-13(7-5-12)19-11-10-16-9-3-8-15(16,2)14(17)18/h4-7H,3,8-11H2,1-2H3,(H,17,18). The molecule has 1 aromatic rings. The van der Waals surface area contributed by atoms with E-state index in [1.165, 1.54) is 5.56 Å². The summed E-state index contributed by atoms with van der Waals surface area (Å²) < 4.78 is 5.66. The smallest absolute Gasteiger partial charge is 0.323 e. The molecule has 4 nitrogen and oxygen atoms in total. The number of aryl methyl sites for hydroxylation is 1. The average Bonchev–Trinajstić information content (AvgIpc) is 2.75. The lowest BCUT2D eigenvalue weighted by Crippen LogP contribution is -2.49. The summed E-state index contributed by atoms with van der Waals surface area (Å²) >= 11 is 0. The Balaban J connectivity index is 1.85. The second kappa shape index (κ2) is 5.61. The highest BCUT2D eigenvalue weighted by atomic mass is 16.5. The highest BCUT2D eigenvalue weighted by Gasteiger charge is 2.42. The Kier molecular flexibility index (Phi) is 4.10. The van der Waals surface area contributed by atoms with E-state index in [4.69, 9.17) is 4.74 Å². The average molecular weight is 263 g/mol. The van der Waals surface area contributed by atoms with Gasteiger partial charge in [0.15, 0.2) is 0 Å². The van der Waals surface area contributed by atoms with Gasteiger partial charge in [0.2, 0.25) is 0 Å². The number of carboxylic acids is 1. The summed E-state index contributed by atoms with van der Waals surface area (Å²) in [6.07, 6.45) is 1.65. The third-order valence-electron chi connectivity index (χ3n) is 3.90. The predicted molar refractivity (Wildman–Crippen MR) is 73.5 cm³/mol. The Morgan fingerprint density at radius 1 is 1.42 bits per heavy atom. The van der Waals surface area contributed by atoms with E-state index in [2.05, 4.69) is 0 Å². The maximum Gasteiger partial charge on any atom is 0.323 e. The Morgan fingerprint density at radius 3 is 2.74 bits per heavy atom. The maximum atomic E-state index is 11.3. The van der Waals surface area contributed by atoms with E-state index < -0.39 is 11.5 Å². The van der Waals surface area contributed by atoms with Crippen molar-refractivity contribution in [1.29, 1.82) is 0 Å². The molecule has 4 heteroatoms. The largest absolute Gasteiger partial charge is 0.492 e. The fourth-order valence-corrected chi connectivity index (χ4v) is 2.53. The predicted octanol–water partition coefficient (Wildman–Crippen LogP) is 2.31. The van der Waals surface area contributed by atoms with E-state index in [1.807, 2.05) is 36.1 Å². The summed E-state index contributed by atoms with van der Waals surface area (Å²) in [7, 11) is 0. The van der Waals surface area contributed by atoms with Crippen LogP contribution >= 0.6 is 0 Å². The Labute approximate surface area is 114 Å². The van der Waals surface area contributed by atoms with Crippen molar-refractivity contribution in [3.8, 4) is 5.75 Å². The van der Waals surface area contributed by atoms with Gasteiger partial charge in [-0.05, 0) is 45.4 Å². The highest BCUT2D eigenvalue weighted by Crippen LogP contribution is 2.28. The number of rotatable bonds is 5. The molecule has 1 aliphatic rings. The number of ether oxygens (including phenoxy) is 1. The number of hydrogen-bond donors (Lipinski definition) is 1. The third-order valence-corrected chi connectivity index (χ3v) is 3.90. The second-order valence-corrected chi connectivity index (χ2v) is 5.33. The fourth-order valence-electron chi connectivity index (χ4n) is 2.53. The summed E-state index contributed by atoms with van der Waals surface area (Å²) in [4.78, 5) is 13.3. The molecule has 1 saturated heterocycles. The zero-order valence-corrected chi connectivity index (χ0v) is 11.6. The SMILES string of the molecule is Cc1ccc(OCCN2CCCC2(C)C(=O)O)cc1. The van der Waals surface area contributed by atoms with Crippen LogP contribution in [0.2, 0.25) is 0 Å². The zero-order valence-electron chi connectivity index (χ0n) is 11.6. The van der Waals surface area contributed by atoms with Crippen molar-refractivity contribution in [2.24, 2.45) is 0 Å². The normalized spacial score (nSPS) is 23.5. The number of carbonyl (C=O) groups is 1. The number of hydrogen-bond acceptors (Lipinski definition) is 3. The van der Waals surface area contributed by atoms with E-state index in [1.54, 1.807) is 6.92 Å². The van der Waals surface area contributed by atoms with E-state index in [-0.39, 0.29) is 0 Å². The van der Waals surface area contributed by atoms with Crippen molar-refractivity contribution in [3.05, 3.63) is 29.8 Å². The van der Waals surface area contributed by atoms with Gasteiger partial charge in [0.25, 0.3) is 0 Å². The molecule has 0 aliphatic carbocycles. The summed E-state index contributed by atoms with van der Waals surface area (Å²) in [5, 5.41) is 9.31.